The summed E-state index contributed by atoms with van der Waals surface area (Å²) in [5, 5.41) is 2.16. The van der Waals surface area contributed by atoms with Crippen molar-refractivity contribution in [2.45, 2.75) is 34.6 Å². The van der Waals surface area contributed by atoms with Crippen molar-refractivity contribution in [3.05, 3.63) is 82.4 Å². The van der Waals surface area contributed by atoms with Gasteiger partial charge in [0, 0.05) is 5.56 Å². The van der Waals surface area contributed by atoms with Crippen molar-refractivity contribution in [2.75, 3.05) is 0 Å². The fourth-order valence-electron chi connectivity index (χ4n) is 2.62. The fraction of sp³-hybridized carbons (Fsp3) is 0.227. The minimum atomic E-state index is 0.122. The van der Waals surface area contributed by atoms with Gasteiger partial charge in [-0.05, 0) is 67.6 Å². The number of hydrogen-bond donors (Lipinski definition) is 0. The highest BCUT2D eigenvalue weighted by atomic mass is 16.1. The first-order valence-electron chi connectivity index (χ1n) is 7.94. The molecule has 0 aliphatic heterocycles. The van der Waals surface area contributed by atoms with Crippen LogP contribution in [0, 0.1) is 27.7 Å². The molecule has 0 bridgehead atoms. The van der Waals surface area contributed by atoms with Gasteiger partial charge in [0.05, 0.1) is 0 Å². The summed E-state index contributed by atoms with van der Waals surface area (Å²) in [7, 11) is 0. The molecule has 0 atom stereocenters. The number of aryl methyl sites for hydroxylation is 2. The van der Waals surface area contributed by atoms with Crippen LogP contribution in [0.2, 0.25) is 0 Å². The molecule has 0 N–H and O–H groups in total. The average Bonchev–Trinajstić information content (AvgIpc) is 2.56. The lowest BCUT2D eigenvalue weighted by atomic mass is 10.0. The van der Waals surface area contributed by atoms with Gasteiger partial charge in [-0.25, -0.2) is 0 Å². The Bertz CT molecular complexity index is 811. The number of hydrogen-bond acceptors (Lipinski definition) is 1. The Morgan fingerprint density at radius 2 is 1.22 bits per heavy atom. The summed E-state index contributed by atoms with van der Waals surface area (Å²) in [6, 6.07) is 18.1. The molecule has 3 aromatic carbocycles. The zero-order valence-corrected chi connectivity index (χ0v) is 14.6. The largest absolute Gasteiger partial charge is 0.294 e. The lowest BCUT2D eigenvalue weighted by molar-refractivity contribution is 0.101. The van der Waals surface area contributed by atoms with Crippen LogP contribution in [0.25, 0.3) is 10.8 Å². The van der Waals surface area contributed by atoms with Crippen molar-refractivity contribution in [2.24, 2.45) is 0 Å². The molecule has 0 spiro atoms. The topological polar surface area (TPSA) is 17.1 Å². The Hall–Kier alpha value is -2.41. The lowest BCUT2D eigenvalue weighted by Gasteiger charge is -2.06. The molecule has 118 valence electrons. The number of carbonyl (C=O) groups is 1. The van der Waals surface area contributed by atoms with Crippen LogP contribution in [0.4, 0.5) is 0 Å². The summed E-state index contributed by atoms with van der Waals surface area (Å²) >= 11 is 0. The minimum absolute atomic E-state index is 0.122. The van der Waals surface area contributed by atoms with Gasteiger partial charge in [0.25, 0.3) is 0 Å². The zero-order chi connectivity index (χ0) is 17.0. The predicted molar refractivity (Wildman–Crippen MR) is 99.3 cm³/mol. The fourth-order valence-corrected chi connectivity index (χ4v) is 2.62. The van der Waals surface area contributed by atoms with E-state index in [1.165, 1.54) is 22.3 Å². The maximum atomic E-state index is 11.3. The molecule has 0 aliphatic carbocycles. The molecule has 0 radical (unpaired) electrons. The molecule has 3 rings (SSSR count). The molecule has 0 aliphatic rings. The summed E-state index contributed by atoms with van der Waals surface area (Å²) in [6.07, 6.45) is 0. The first-order chi connectivity index (χ1) is 10.9. The first-order valence-corrected chi connectivity index (χ1v) is 7.94. The molecule has 0 unspecified atom stereocenters. The van der Waals surface area contributed by atoms with Gasteiger partial charge in [0.2, 0.25) is 0 Å². The third kappa shape index (κ3) is 3.87. The first kappa shape index (κ1) is 17.0. The standard InChI is InChI=1S/C12H10O.C10H14/c1-9(13)11-8-4-6-10-5-2-3-7-12(10)11;1-7-5-6-8(2)10(4)9(7)3/h2-8H,1H3;5-6H,1-4H3. The van der Waals surface area contributed by atoms with Crippen LogP contribution in [0.3, 0.4) is 0 Å². The van der Waals surface area contributed by atoms with Gasteiger partial charge in [-0.3, -0.25) is 4.79 Å². The van der Waals surface area contributed by atoms with E-state index in [0.29, 0.717) is 0 Å². The summed E-state index contributed by atoms with van der Waals surface area (Å²) in [5.74, 6) is 0.122. The van der Waals surface area contributed by atoms with E-state index in [2.05, 4.69) is 39.8 Å². The minimum Gasteiger partial charge on any atom is -0.294 e. The predicted octanol–water partition coefficient (Wildman–Crippen LogP) is 5.96. The molecule has 1 heteroatoms. The van der Waals surface area contributed by atoms with Crippen LogP contribution in [0.15, 0.2) is 54.6 Å². The van der Waals surface area contributed by atoms with Gasteiger partial charge >= 0.3 is 0 Å². The molecule has 0 heterocycles. The molecule has 0 saturated heterocycles. The third-order valence-electron chi connectivity index (χ3n) is 4.50. The third-order valence-corrected chi connectivity index (χ3v) is 4.50. The molecular formula is C22H24O. The summed E-state index contributed by atoms with van der Waals surface area (Å²) < 4.78 is 0. The van der Waals surface area contributed by atoms with E-state index in [9.17, 15) is 4.79 Å². The smallest absolute Gasteiger partial charge is 0.160 e. The van der Waals surface area contributed by atoms with Crippen LogP contribution >= 0.6 is 0 Å². The van der Waals surface area contributed by atoms with E-state index >= 15 is 0 Å². The van der Waals surface area contributed by atoms with E-state index in [0.717, 1.165) is 16.3 Å². The SMILES string of the molecule is CC(=O)c1cccc2ccccc12.Cc1ccc(C)c(C)c1C. The Labute approximate surface area is 139 Å². The van der Waals surface area contributed by atoms with Gasteiger partial charge in [0.15, 0.2) is 5.78 Å². The second kappa shape index (κ2) is 7.23. The second-order valence-corrected chi connectivity index (χ2v) is 6.03. The Morgan fingerprint density at radius 3 is 1.78 bits per heavy atom. The van der Waals surface area contributed by atoms with Crippen molar-refractivity contribution < 1.29 is 4.79 Å². The van der Waals surface area contributed by atoms with Crippen molar-refractivity contribution in [1.82, 2.24) is 0 Å². The Morgan fingerprint density at radius 1 is 0.696 bits per heavy atom. The molecular weight excluding hydrogens is 280 g/mol. The van der Waals surface area contributed by atoms with Crippen molar-refractivity contribution in [1.29, 1.82) is 0 Å². The summed E-state index contributed by atoms with van der Waals surface area (Å²) in [4.78, 5) is 11.3. The number of rotatable bonds is 1. The lowest BCUT2D eigenvalue weighted by Crippen LogP contribution is -1.92. The van der Waals surface area contributed by atoms with Gasteiger partial charge < -0.3 is 0 Å². The molecule has 3 aromatic rings. The number of benzene rings is 3. The van der Waals surface area contributed by atoms with Gasteiger partial charge in [-0.1, -0.05) is 54.6 Å². The van der Waals surface area contributed by atoms with Crippen molar-refractivity contribution in [3.63, 3.8) is 0 Å². The Kier molecular flexibility index (Phi) is 5.33. The molecule has 0 amide bonds. The second-order valence-electron chi connectivity index (χ2n) is 6.03. The highest BCUT2D eigenvalue weighted by Crippen LogP contribution is 2.18. The van der Waals surface area contributed by atoms with E-state index < -0.39 is 0 Å². The maximum Gasteiger partial charge on any atom is 0.160 e. The van der Waals surface area contributed by atoms with Crippen LogP contribution in [0.1, 0.15) is 39.5 Å². The quantitative estimate of drug-likeness (QED) is 0.507. The van der Waals surface area contributed by atoms with Gasteiger partial charge in [0.1, 0.15) is 0 Å². The van der Waals surface area contributed by atoms with E-state index in [1.807, 2.05) is 42.5 Å². The summed E-state index contributed by atoms with van der Waals surface area (Å²) in [6.45, 7) is 10.3. The molecule has 0 aromatic heterocycles. The van der Waals surface area contributed by atoms with Gasteiger partial charge in [-0.15, -0.1) is 0 Å². The average molecular weight is 304 g/mol. The van der Waals surface area contributed by atoms with E-state index in [1.54, 1.807) is 6.92 Å². The van der Waals surface area contributed by atoms with Crippen molar-refractivity contribution >= 4 is 16.6 Å². The van der Waals surface area contributed by atoms with Crippen LogP contribution < -0.4 is 0 Å². The van der Waals surface area contributed by atoms with Gasteiger partial charge in [-0.2, -0.15) is 0 Å². The molecule has 0 fully saturated rings. The van der Waals surface area contributed by atoms with Crippen LogP contribution in [-0.2, 0) is 0 Å². The Balaban J connectivity index is 0.000000174. The van der Waals surface area contributed by atoms with Crippen molar-refractivity contribution in [3.8, 4) is 0 Å². The normalized spacial score (nSPS) is 10.1. The number of Topliss-reactive ketones (excluding diaryl/α,β-unsaturated/α-hetero) is 1. The van der Waals surface area contributed by atoms with E-state index in [4.69, 9.17) is 0 Å². The highest BCUT2D eigenvalue weighted by Gasteiger charge is 2.03. The maximum absolute atomic E-state index is 11.3. The number of ketones is 1. The monoisotopic (exact) mass is 304 g/mol. The zero-order valence-electron chi connectivity index (χ0n) is 14.6. The molecule has 1 nitrogen and oxygen atoms in total. The number of fused-ring (bicyclic) bond motifs is 1. The number of carbonyl (C=O) groups excluding carboxylic acids is 1. The highest BCUT2D eigenvalue weighted by molar-refractivity contribution is 6.06. The summed E-state index contributed by atoms with van der Waals surface area (Å²) in [5.41, 5.74) is 6.45. The van der Waals surface area contributed by atoms with E-state index in [-0.39, 0.29) is 5.78 Å². The molecule has 0 saturated carbocycles. The van der Waals surface area contributed by atoms with Crippen LogP contribution in [-0.4, -0.2) is 5.78 Å². The molecule has 23 heavy (non-hydrogen) atoms. The van der Waals surface area contributed by atoms with Crippen LogP contribution in [0.5, 0.6) is 0 Å².